The van der Waals surface area contributed by atoms with Crippen molar-refractivity contribution < 1.29 is 9.53 Å². The number of anilines is 1. The maximum atomic E-state index is 11.8. The molecule has 0 saturated carbocycles. The summed E-state index contributed by atoms with van der Waals surface area (Å²) in [4.78, 5) is 13.4. The quantitative estimate of drug-likeness (QED) is 0.911. The SMILES string of the molecule is CC(C)(C)OC(=O)N1CC(Nc2ccc(C#N)cc2Cl)C1. The number of halogens is 1. The van der Waals surface area contributed by atoms with E-state index in [0.717, 1.165) is 5.69 Å². The first-order valence-electron chi connectivity index (χ1n) is 6.72. The molecule has 0 aromatic heterocycles. The Morgan fingerprint density at radius 3 is 2.67 bits per heavy atom. The average molecular weight is 308 g/mol. The first kappa shape index (κ1) is 15.5. The Balaban J connectivity index is 1.86. The number of carbonyl (C=O) groups excluding carboxylic acids is 1. The molecule has 1 fully saturated rings. The smallest absolute Gasteiger partial charge is 0.410 e. The molecule has 5 nitrogen and oxygen atoms in total. The fourth-order valence-corrected chi connectivity index (χ4v) is 2.20. The Kier molecular flexibility index (Phi) is 4.29. The number of hydrogen-bond donors (Lipinski definition) is 1. The molecule has 1 aliphatic rings. The molecule has 112 valence electrons. The zero-order valence-corrected chi connectivity index (χ0v) is 13.1. The van der Waals surface area contributed by atoms with Crippen LogP contribution in [0.4, 0.5) is 10.5 Å². The molecule has 0 atom stereocenters. The predicted octanol–water partition coefficient (Wildman–Crippen LogP) is 3.24. The number of rotatable bonds is 2. The van der Waals surface area contributed by atoms with Crippen molar-refractivity contribution in [3.8, 4) is 6.07 Å². The molecule has 21 heavy (non-hydrogen) atoms. The highest BCUT2D eigenvalue weighted by molar-refractivity contribution is 6.33. The van der Waals surface area contributed by atoms with Crippen LogP contribution in [0.15, 0.2) is 18.2 Å². The summed E-state index contributed by atoms with van der Waals surface area (Å²) in [6.45, 7) is 6.68. The third kappa shape index (κ3) is 4.02. The Labute approximate surface area is 129 Å². The number of benzene rings is 1. The summed E-state index contributed by atoms with van der Waals surface area (Å²) in [5.41, 5.74) is 0.811. The Hall–Kier alpha value is -1.93. The van der Waals surface area contributed by atoms with Gasteiger partial charge in [0.15, 0.2) is 0 Å². The molecular formula is C15H18ClN3O2. The van der Waals surface area contributed by atoms with E-state index in [1.807, 2.05) is 26.8 Å². The monoisotopic (exact) mass is 307 g/mol. The normalized spacial score (nSPS) is 15.1. The van der Waals surface area contributed by atoms with Crippen molar-refractivity contribution in [2.24, 2.45) is 0 Å². The zero-order valence-electron chi connectivity index (χ0n) is 12.3. The lowest BCUT2D eigenvalue weighted by molar-refractivity contribution is 0.0105. The van der Waals surface area contributed by atoms with Gasteiger partial charge in [0.2, 0.25) is 0 Å². The molecule has 6 heteroatoms. The van der Waals surface area contributed by atoms with Crippen molar-refractivity contribution in [2.75, 3.05) is 18.4 Å². The molecule has 1 heterocycles. The van der Waals surface area contributed by atoms with Crippen molar-refractivity contribution in [1.82, 2.24) is 4.90 Å². The van der Waals surface area contributed by atoms with Gasteiger partial charge < -0.3 is 15.0 Å². The van der Waals surface area contributed by atoms with Crippen molar-refractivity contribution in [1.29, 1.82) is 5.26 Å². The topological polar surface area (TPSA) is 65.4 Å². The van der Waals surface area contributed by atoms with Crippen LogP contribution in [0.3, 0.4) is 0 Å². The number of hydrogen-bond acceptors (Lipinski definition) is 4. The fraction of sp³-hybridized carbons (Fsp3) is 0.467. The number of amides is 1. The van der Waals surface area contributed by atoms with Crippen LogP contribution in [0.2, 0.25) is 5.02 Å². The molecule has 0 radical (unpaired) electrons. The molecule has 1 amide bonds. The van der Waals surface area contributed by atoms with E-state index in [2.05, 4.69) is 5.32 Å². The number of nitriles is 1. The number of likely N-dealkylation sites (tertiary alicyclic amines) is 1. The van der Waals surface area contributed by atoms with Crippen LogP contribution in [0, 0.1) is 11.3 Å². The summed E-state index contributed by atoms with van der Waals surface area (Å²) in [7, 11) is 0. The number of ether oxygens (including phenoxy) is 1. The van der Waals surface area contributed by atoms with Gasteiger partial charge in [-0.3, -0.25) is 0 Å². The van der Waals surface area contributed by atoms with Crippen molar-refractivity contribution in [3.05, 3.63) is 28.8 Å². The van der Waals surface area contributed by atoms with E-state index in [1.165, 1.54) is 0 Å². The highest BCUT2D eigenvalue weighted by Crippen LogP contribution is 2.25. The van der Waals surface area contributed by atoms with Gasteiger partial charge in [-0.05, 0) is 39.0 Å². The van der Waals surface area contributed by atoms with Crippen LogP contribution in [-0.4, -0.2) is 35.7 Å². The minimum Gasteiger partial charge on any atom is -0.444 e. The number of carbonyl (C=O) groups is 1. The molecule has 2 rings (SSSR count). The number of nitrogens with zero attached hydrogens (tertiary/aromatic N) is 2. The van der Waals surface area contributed by atoms with Gasteiger partial charge in [-0.15, -0.1) is 0 Å². The molecule has 1 N–H and O–H groups in total. The lowest BCUT2D eigenvalue weighted by Gasteiger charge is -2.40. The van der Waals surface area contributed by atoms with Crippen LogP contribution in [0.5, 0.6) is 0 Å². The summed E-state index contributed by atoms with van der Waals surface area (Å²) >= 11 is 6.10. The number of nitrogens with one attached hydrogen (secondary N) is 1. The van der Waals surface area contributed by atoms with E-state index < -0.39 is 5.60 Å². The summed E-state index contributed by atoms with van der Waals surface area (Å²) in [6, 6.07) is 7.28. The lowest BCUT2D eigenvalue weighted by Crippen LogP contribution is -2.57. The average Bonchev–Trinajstić information content (AvgIpc) is 2.32. The summed E-state index contributed by atoms with van der Waals surface area (Å²) in [6.07, 6.45) is -0.300. The third-order valence-electron chi connectivity index (χ3n) is 2.99. The van der Waals surface area contributed by atoms with E-state index in [4.69, 9.17) is 21.6 Å². The van der Waals surface area contributed by atoms with Gasteiger partial charge in [-0.2, -0.15) is 5.26 Å². The third-order valence-corrected chi connectivity index (χ3v) is 3.30. The lowest BCUT2D eigenvalue weighted by atomic mass is 10.1. The predicted molar refractivity (Wildman–Crippen MR) is 81.4 cm³/mol. The highest BCUT2D eigenvalue weighted by atomic mass is 35.5. The summed E-state index contributed by atoms with van der Waals surface area (Å²) in [5, 5.41) is 12.6. The van der Waals surface area contributed by atoms with Crippen LogP contribution in [0.25, 0.3) is 0 Å². The van der Waals surface area contributed by atoms with E-state index in [0.29, 0.717) is 23.7 Å². The molecule has 1 saturated heterocycles. The van der Waals surface area contributed by atoms with Gasteiger partial charge in [0.05, 0.1) is 28.4 Å². The van der Waals surface area contributed by atoms with E-state index in [-0.39, 0.29) is 12.1 Å². The Morgan fingerprint density at radius 2 is 2.14 bits per heavy atom. The molecule has 0 bridgehead atoms. The molecule has 0 unspecified atom stereocenters. The van der Waals surface area contributed by atoms with Gasteiger partial charge in [0, 0.05) is 13.1 Å². The maximum absolute atomic E-state index is 11.8. The van der Waals surface area contributed by atoms with E-state index in [9.17, 15) is 4.79 Å². The van der Waals surface area contributed by atoms with E-state index in [1.54, 1.807) is 23.1 Å². The van der Waals surface area contributed by atoms with Gasteiger partial charge >= 0.3 is 6.09 Å². The first-order chi connectivity index (χ1) is 9.78. The Morgan fingerprint density at radius 1 is 1.48 bits per heavy atom. The second-order valence-corrected chi connectivity index (χ2v) is 6.44. The van der Waals surface area contributed by atoms with Crippen molar-refractivity contribution in [3.63, 3.8) is 0 Å². The second kappa shape index (κ2) is 5.82. The molecule has 1 aromatic rings. The van der Waals surface area contributed by atoms with Crippen LogP contribution in [-0.2, 0) is 4.74 Å². The first-order valence-corrected chi connectivity index (χ1v) is 7.10. The van der Waals surface area contributed by atoms with Crippen LogP contribution >= 0.6 is 11.6 Å². The minimum atomic E-state index is -0.480. The largest absolute Gasteiger partial charge is 0.444 e. The molecule has 0 aliphatic carbocycles. The highest BCUT2D eigenvalue weighted by Gasteiger charge is 2.33. The molecule has 0 spiro atoms. The molecular weight excluding hydrogens is 290 g/mol. The van der Waals surface area contributed by atoms with E-state index >= 15 is 0 Å². The molecule has 1 aliphatic heterocycles. The molecule has 1 aromatic carbocycles. The maximum Gasteiger partial charge on any atom is 0.410 e. The minimum absolute atomic E-state index is 0.142. The van der Waals surface area contributed by atoms with Gasteiger partial charge in [-0.25, -0.2) is 4.79 Å². The van der Waals surface area contributed by atoms with Gasteiger partial charge in [-0.1, -0.05) is 11.6 Å². The van der Waals surface area contributed by atoms with Crippen LogP contribution in [0.1, 0.15) is 26.3 Å². The van der Waals surface area contributed by atoms with Crippen LogP contribution < -0.4 is 5.32 Å². The Bertz CT molecular complexity index is 584. The summed E-state index contributed by atoms with van der Waals surface area (Å²) < 4.78 is 5.29. The standard InChI is InChI=1S/C15H18ClN3O2/c1-15(2,3)21-14(20)19-8-11(9-19)18-13-5-4-10(7-17)6-12(13)16/h4-6,11,18H,8-9H2,1-3H3. The van der Waals surface area contributed by atoms with Gasteiger partial charge in [0.25, 0.3) is 0 Å². The fourth-order valence-electron chi connectivity index (χ4n) is 1.97. The van der Waals surface area contributed by atoms with Crippen molar-refractivity contribution >= 4 is 23.4 Å². The zero-order chi connectivity index (χ0) is 15.6. The second-order valence-electron chi connectivity index (χ2n) is 6.03. The van der Waals surface area contributed by atoms with Gasteiger partial charge in [0.1, 0.15) is 5.60 Å². The summed E-state index contributed by atoms with van der Waals surface area (Å²) in [5.74, 6) is 0. The van der Waals surface area contributed by atoms with Crippen molar-refractivity contribution in [2.45, 2.75) is 32.4 Å².